The van der Waals surface area contributed by atoms with Crippen molar-refractivity contribution in [1.82, 2.24) is 4.90 Å². The molecule has 1 aliphatic heterocycles. The number of aliphatic hydroxyl groups excluding tert-OH is 2. The second kappa shape index (κ2) is 6.75. The molecule has 5 heteroatoms. The molecule has 1 saturated heterocycles. The number of nitrogens with zero attached hydrogens (tertiary/aromatic N) is 2. The van der Waals surface area contributed by atoms with Crippen LogP contribution in [0.15, 0.2) is 24.3 Å². The molecular weight excluding hydrogens is 242 g/mol. The number of β-amino-alcohol motifs (C(OH)–C–C–N with tert-alkyl or cyclic N) is 1. The minimum absolute atomic E-state index is 0.167. The molecule has 0 saturated carbocycles. The predicted molar refractivity (Wildman–Crippen MR) is 77.2 cm³/mol. The number of aliphatic hydroxyl groups is 2. The molecule has 0 aliphatic carbocycles. The maximum atomic E-state index is 9.47. The second-order valence-corrected chi connectivity index (χ2v) is 5.11. The van der Waals surface area contributed by atoms with Crippen LogP contribution in [0.25, 0.3) is 0 Å². The van der Waals surface area contributed by atoms with E-state index in [4.69, 9.17) is 10.8 Å². The van der Waals surface area contributed by atoms with Crippen LogP contribution in [0.4, 0.5) is 11.4 Å². The van der Waals surface area contributed by atoms with Crippen molar-refractivity contribution in [2.75, 3.05) is 56.6 Å². The molecule has 1 fully saturated rings. The minimum atomic E-state index is 0.167. The zero-order valence-corrected chi connectivity index (χ0v) is 11.2. The Morgan fingerprint density at radius 3 is 2.47 bits per heavy atom. The van der Waals surface area contributed by atoms with Crippen LogP contribution in [-0.2, 0) is 0 Å². The van der Waals surface area contributed by atoms with E-state index in [1.165, 1.54) is 0 Å². The highest BCUT2D eigenvalue weighted by Gasteiger charge is 2.22. The lowest BCUT2D eigenvalue weighted by Crippen LogP contribution is -2.33. The number of rotatable bonds is 4. The zero-order valence-electron chi connectivity index (χ0n) is 11.2. The van der Waals surface area contributed by atoms with E-state index in [9.17, 15) is 5.11 Å². The molecule has 1 unspecified atom stereocenters. The molecule has 2 rings (SSSR count). The van der Waals surface area contributed by atoms with Gasteiger partial charge in [0.1, 0.15) is 0 Å². The van der Waals surface area contributed by atoms with Crippen LogP contribution in [0.5, 0.6) is 0 Å². The van der Waals surface area contributed by atoms with Crippen molar-refractivity contribution in [3.63, 3.8) is 0 Å². The number of hydrogen-bond acceptors (Lipinski definition) is 5. The second-order valence-electron chi connectivity index (χ2n) is 5.11. The van der Waals surface area contributed by atoms with Crippen molar-refractivity contribution in [1.29, 1.82) is 0 Å². The van der Waals surface area contributed by atoms with Crippen LogP contribution in [-0.4, -0.2) is 61.1 Å². The smallest absolute Gasteiger partial charge is 0.0558 e. The maximum absolute atomic E-state index is 9.47. The van der Waals surface area contributed by atoms with Crippen molar-refractivity contribution < 1.29 is 10.2 Å². The van der Waals surface area contributed by atoms with Gasteiger partial charge >= 0.3 is 0 Å². The molecule has 5 nitrogen and oxygen atoms in total. The normalized spacial score (nSPS) is 21.4. The van der Waals surface area contributed by atoms with E-state index in [-0.39, 0.29) is 19.1 Å². The Labute approximate surface area is 114 Å². The molecule has 19 heavy (non-hydrogen) atoms. The SMILES string of the molecule is Nc1ccc(N2CCN(CCO)CC(CO)C2)cc1. The molecule has 1 atom stereocenters. The first-order valence-electron chi connectivity index (χ1n) is 6.77. The predicted octanol–water partition coefficient (Wildman–Crippen LogP) is -0.00840. The van der Waals surface area contributed by atoms with Gasteiger partial charge in [0.15, 0.2) is 0 Å². The first-order chi connectivity index (χ1) is 9.22. The minimum Gasteiger partial charge on any atom is -0.399 e. The zero-order chi connectivity index (χ0) is 13.7. The van der Waals surface area contributed by atoms with E-state index >= 15 is 0 Å². The molecular formula is C14H23N3O2. The molecule has 0 radical (unpaired) electrons. The van der Waals surface area contributed by atoms with Gasteiger partial charge in [-0.3, -0.25) is 4.90 Å². The summed E-state index contributed by atoms with van der Waals surface area (Å²) in [7, 11) is 0. The topological polar surface area (TPSA) is 73.0 Å². The fourth-order valence-corrected chi connectivity index (χ4v) is 2.56. The number of nitrogen functional groups attached to an aromatic ring is 1. The van der Waals surface area contributed by atoms with Crippen LogP contribution < -0.4 is 10.6 Å². The summed E-state index contributed by atoms with van der Waals surface area (Å²) in [5.41, 5.74) is 7.61. The van der Waals surface area contributed by atoms with Crippen LogP contribution in [0.3, 0.4) is 0 Å². The van der Waals surface area contributed by atoms with Crippen LogP contribution >= 0.6 is 0 Å². The van der Waals surface area contributed by atoms with E-state index in [2.05, 4.69) is 9.80 Å². The van der Waals surface area contributed by atoms with Crippen molar-refractivity contribution in [3.8, 4) is 0 Å². The van der Waals surface area contributed by atoms with Crippen LogP contribution in [0.2, 0.25) is 0 Å². The summed E-state index contributed by atoms with van der Waals surface area (Å²) in [5.74, 6) is 0.214. The Hall–Kier alpha value is -1.30. The lowest BCUT2D eigenvalue weighted by Gasteiger charge is -2.25. The van der Waals surface area contributed by atoms with Gasteiger partial charge in [-0.1, -0.05) is 0 Å². The summed E-state index contributed by atoms with van der Waals surface area (Å²) < 4.78 is 0. The highest BCUT2D eigenvalue weighted by atomic mass is 16.3. The highest BCUT2D eigenvalue weighted by molar-refractivity contribution is 5.53. The van der Waals surface area contributed by atoms with Gasteiger partial charge < -0.3 is 20.8 Å². The average Bonchev–Trinajstić information content (AvgIpc) is 2.63. The third-order valence-corrected chi connectivity index (χ3v) is 3.61. The van der Waals surface area contributed by atoms with Gasteiger partial charge in [0.25, 0.3) is 0 Å². The molecule has 0 bridgehead atoms. The van der Waals surface area contributed by atoms with Gasteiger partial charge in [-0.25, -0.2) is 0 Å². The van der Waals surface area contributed by atoms with E-state index in [0.717, 1.165) is 37.6 Å². The van der Waals surface area contributed by atoms with Gasteiger partial charge in [-0.05, 0) is 24.3 Å². The van der Waals surface area contributed by atoms with Gasteiger partial charge in [0, 0.05) is 56.6 Å². The lowest BCUT2D eigenvalue weighted by atomic mass is 10.1. The number of anilines is 2. The fourth-order valence-electron chi connectivity index (χ4n) is 2.56. The Morgan fingerprint density at radius 2 is 1.84 bits per heavy atom. The summed E-state index contributed by atoms with van der Waals surface area (Å²) in [6.07, 6.45) is 0. The van der Waals surface area contributed by atoms with E-state index in [1.807, 2.05) is 24.3 Å². The highest BCUT2D eigenvalue weighted by Crippen LogP contribution is 2.20. The van der Waals surface area contributed by atoms with Gasteiger partial charge in [0.05, 0.1) is 6.61 Å². The summed E-state index contributed by atoms with van der Waals surface area (Å²) in [4.78, 5) is 4.48. The molecule has 0 aromatic heterocycles. The number of hydrogen-bond donors (Lipinski definition) is 3. The Kier molecular flexibility index (Phi) is 5.01. The standard InChI is InChI=1S/C14H23N3O2/c15-13-1-3-14(4-2-13)17-6-5-16(7-8-18)9-12(10-17)11-19/h1-4,12,18-19H,5-11,15H2. The molecule has 1 aromatic carbocycles. The number of benzene rings is 1. The van der Waals surface area contributed by atoms with E-state index in [1.54, 1.807) is 0 Å². The molecule has 0 amide bonds. The number of nitrogens with two attached hydrogens (primary N) is 1. The quantitative estimate of drug-likeness (QED) is 0.668. The summed E-state index contributed by atoms with van der Waals surface area (Å²) in [5, 5.41) is 18.5. The molecule has 1 aromatic rings. The summed E-state index contributed by atoms with van der Waals surface area (Å²) >= 11 is 0. The van der Waals surface area contributed by atoms with Gasteiger partial charge in [-0.2, -0.15) is 0 Å². The van der Waals surface area contributed by atoms with Crippen molar-refractivity contribution in [3.05, 3.63) is 24.3 Å². The maximum Gasteiger partial charge on any atom is 0.0558 e. The third-order valence-electron chi connectivity index (χ3n) is 3.61. The fraction of sp³-hybridized carbons (Fsp3) is 0.571. The van der Waals surface area contributed by atoms with Crippen molar-refractivity contribution in [2.24, 2.45) is 5.92 Å². The largest absolute Gasteiger partial charge is 0.399 e. The first kappa shape index (κ1) is 14.1. The van der Waals surface area contributed by atoms with E-state index < -0.39 is 0 Å². The molecule has 0 spiro atoms. The van der Waals surface area contributed by atoms with Gasteiger partial charge in [0.2, 0.25) is 0 Å². The molecule has 1 aliphatic rings. The Balaban J connectivity index is 2.07. The Bertz CT molecular complexity index is 383. The monoisotopic (exact) mass is 265 g/mol. The first-order valence-corrected chi connectivity index (χ1v) is 6.77. The van der Waals surface area contributed by atoms with Crippen LogP contribution in [0, 0.1) is 5.92 Å². The average molecular weight is 265 g/mol. The lowest BCUT2D eigenvalue weighted by molar-refractivity contribution is 0.157. The summed E-state index contributed by atoms with van der Waals surface area (Å²) in [6, 6.07) is 7.84. The molecule has 106 valence electrons. The third kappa shape index (κ3) is 3.83. The molecule has 1 heterocycles. The summed E-state index contributed by atoms with van der Waals surface area (Å²) in [6.45, 7) is 4.49. The van der Waals surface area contributed by atoms with Gasteiger partial charge in [-0.15, -0.1) is 0 Å². The van der Waals surface area contributed by atoms with Crippen LogP contribution in [0.1, 0.15) is 0 Å². The van der Waals surface area contributed by atoms with Crippen molar-refractivity contribution in [2.45, 2.75) is 0 Å². The Morgan fingerprint density at radius 1 is 1.11 bits per heavy atom. The van der Waals surface area contributed by atoms with Crippen molar-refractivity contribution >= 4 is 11.4 Å². The van der Waals surface area contributed by atoms with E-state index in [0.29, 0.717) is 6.54 Å². The molecule has 4 N–H and O–H groups in total.